The van der Waals surface area contributed by atoms with E-state index in [-0.39, 0.29) is 11.6 Å². The number of halogens is 1. The molecule has 0 saturated heterocycles. The van der Waals surface area contributed by atoms with Crippen molar-refractivity contribution in [2.24, 2.45) is 10.7 Å². The Balaban J connectivity index is 1.95. The first-order valence-electron chi connectivity index (χ1n) is 7.16. The largest absolute Gasteiger partial charge is 0.495 e. The minimum Gasteiger partial charge on any atom is -0.495 e. The van der Waals surface area contributed by atoms with E-state index in [0.29, 0.717) is 24.7 Å². The highest BCUT2D eigenvalue weighted by molar-refractivity contribution is 5.93. The van der Waals surface area contributed by atoms with Crippen LogP contribution in [0.3, 0.4) is 0 Å². The summed E-state index contributed by atoms with van der Waals surface area (Å²) in [5, 5.41) is 3.00. The van der Waals surface area contributed by atoms with E-state index in [1.807, 2.05) is 24.3 Å². The second kappa shape index (κ2) is 8.03. The van der Waals surface area contributed by atoms with Gasteiger partial charge in [0.05, 0.1) is 19.9 Å². The van der Waals surface area contributed by atoms with Crippen molar-refractivity contribution in [1.82, 2.24) is 0 Å². The number of hydrogen-bond donors (Lipinski definition) is 2. The number of para-hydroxylation sites is 2. The third kappa shape index (κ3) is 4.60. The Morgan fingerprint density at radius 3 is 2.61 bits per heavy atom. The van der Waals surface area contributed by atoms with Crippen LogP contribution in [0.15, 0.2) is 47.5 Å². The molecule has 23 heavy (non-hydrogen) atoms. The Morgan fingerprint density at radius 1 is 1.13 bits per heavy atom. The van der Waals surface area contributed by atoms with Crippen LogP contribution in [0.2, 0.25) is 0 Å². The average Bonchev–Trinajstić information content (AvgIpc) is 2.57. The molecule has 0 radical (unpaired) electrons. The molecule has 0 atom stereocenters. The van der Waals surface area contributed by atoms with Crippen LogP contribution >= 0.6 is 0 Å². The van der Waals surface area contributed by atoms with Gasteiger partial charge in [0.25, 0.3) is 0 Å². The molecular weight excluding hydrogens is 297 g/mol. The maximum absolute atomic E-state index is 13.3. The summed E-state index contributed by atoms with van der Waals surface area (Å²) in [5.74, 6) is 0.834. The molecule has 0 heterocycles. The van der Waals surface area contributed by atoms with E-state index >= 15 is 0 Å². The van der Waals surface area contributed by atoms with Crippen LogP contribution in [-0.4, -0.2) is 26.7 Å². The van der Waals surface area contributed by atoms with Gasteiger partial charge in [-0.3, -0.25) is 4.99 Å². The summed E-state index contributed by atoms with van der Waals surface area (Å²) < 4.78 is 23.5. The van der Waals surface area contributed by atoms with E-state index in [0.717, 1.165) is 11.3 Å². The van der Waals surface area contributed by atoms with Crippen LogP contribution < -0.4 is 20.5 Å². The second-order valence-electron chi connectivity index (χ2n) is 4.81. The van der Waals surface area contributed by atoms with Gasteiger partial charge in [-0.05, 0) is 36.2 Å². The fourth-order valence-corrected chi connectivity index (χ4v) is 2.09. The highest BCUT2D eigenvalue weighted by Crippen LogP contribution is 2.22. The lowest BCUT2D eigenvalue weighted by Crippen LogP contribution is -2.23. The standard InChI is InChI=1S/C17H20FN3O2/c1-22-15-6-4-3-5-14(15)21-17(19)20-10-9-12-7-8-13(18)16(11-12)23-2/h3-8,11H,9-10H2,1-2H3,(H3,19,20,21). The molecule has 0 fully saturated rings. The molecule has 5 nitrogen and oxygen atoms in total. The first kappa shape index (κ1) is 16.6. The molecule has 0 unspecified atom stereocenters. The lowest BCUT2D eigenvalue weighted by atomic mass is 10.1. The Labute approximate surface area is 134 Å². The molecule has 0 saturated carbocycles. The third-order valence-electron chi connectivity index (χ3n) is 3.27. The number of benzene rings is 2. The highest BCUT2D eigenvalue weighted by atomic mass is 19.1. The van der Waals surface area contributed by atoms with Crippen molar-refractivity contribution < 1.29 is 13.9 Å². The molecule has 3 N–H and O–H groups in total. The highest BCUT2D eigenvalue weighted by Gasteiger charge is 2.04. The van der Waals surface area contributed by atoms with Gasteiger partial charge >= 0.3 is 0 Å². The molecule has 0 bridgehead atoms. The zero-order chi connectivity index (χ0) is 16.7. The van der Waals surface area contributed by atoms with Gasteiger partial charge in [-0.15, -0.1) is 0 Å². The van der Waals surface area contributed by atoms with Crippen molar-refractivity contribution in [3.05, 3.63) is 53.8 Å². The number of anilines is 1. The van der Waals surface area contributed by atoms with E-state index < -0.39 is 0 Å². The zero-order valence-electron chi connectivity index (χ0n) is 13.2. The smallest absolute Gasteiger partial charge is 0.193 e. The van der Waals surface area contributed by atoms with E-state index in [1.54, 1.807) is 19.2 Å². The monoisotopic (exact) mass is 317 g/mol. The van der Waals surface area contributed by atoms with Crippen LogP contribution in [0.5, 0.6) is 11.5 Å². The van der Waals surface area contributed by atoms with Crippen molar-refractivity contribution in [2.75, 3.05) is 26.1 Å². The van der Waals surface area contributed by atoms with Crippen LogP contribution in [0.1, 0.15) is 5.56 Å². The third-order valence-corrected chi connectivity index (χ3v) is 3.27. The number of rotatable bonds is 6. The molecule has 0 aromatic heterocycles. The number of methoxy groups -OCH3 is 2. The second-order valence-corrected chi connectivity index (χ2v) is 4.81. The maximum atomic E-state index is 13.3. The van der Waals surface area contributed by atoms with Gasteiger partial charge in [0.15, 0.2) is 17.5 Å². The van der Waals surface area contributed by atoms with Crippen molar-refractivity contribution in [3.63, 3.8) is 0 Å². The van der Waals surface area contributed by atoms with Gasteiger partial charge in [-0.25, -0.2) is 4.39 Å². The normalized spacial score (nSPS) is 11.2. The van der Waals surface area contributed by atoms with Gasteiger partial charge in [-0.2, -0.15) is 0 Å². The fourth-order valence-electron chi connectivity index (χ4n) is 2.09. The predicted octanol–water partition coefficient (Wildman–Crippen LogP) is 2.81. The Bertz CT molecular complexity index is 689. The van der Waals surface area contributed by atoms with E-state index in [9.17, 15) is 4.39 Å². The first-order valence-corrected chi connectivity index (χ1v) is 7.16. The molecule has 0 aliphatic rings. The average molecular weight is 317 g/mol. The van der Waals surface area contributed by atoms with Crippen molar-refractivity contribution >= 4 is 11.6 Å². The lowest BCUT2D eigenvalue weighted by Gasteiger charge is -2.10. The Morgan fingerprint density at radius 2 is 1.87 bits per heavy atom. The van der Waals surface area contributed by atoms with Gasteiger partial charge in [-0.1, -0.05) is 18.2 Å². The summed E-state index contributed by atoms with van der Waals surface area (Å²) in [5.41, 5.74) is 7.55. The SMILES string of the molecule is COc1cc(CCN=C(N)Nc2ccccc2OC)ccc1F. The minimum atomic E-state index is -0.378. The molecule has 2 rings (SSSR count). The van der Waals surface area contributed by atoms with Gasteiger partial charge < -0.3 is 20.5 Å². The number of nitrogens with one attached hydrogen (secondary N) is 1. The molecule has 0 spiro atoms. The van der Waals surface area contributed by atoms with E-state index in [2.05, 4.69) is 10.3 Å². The van der Waals surface area contributed by atoms with Gasteiger partial charge in [0, 0.05) is 6.54 Å². The summed E-state index contributed by atoms with van der Waals surface area (Å²) in [6.45, 7) is 0.475. The lowest BCUT2D eigenvalue weighted by molar-refractivity contribution is 0.386. The number of ether oxygens (including phenoxy) is 2. The molecule has 122 valence electrons. The maximum Gasteiger partial charge on any atom is 0.193 e. The van der Waals surface area contributed by atoms with Crippen molar-refractivity contribution in [1.29, 1.82) is 0 Å². The van der Waals surface area contributed by atoms with E-state index in [4.69, 9.17) is 15.2 Å². The molecule has 2 aromatic carbocycles. The number of nitrogens with two attached hydrogens (primary N) is 1. The topological polar surface area (TPSA) is 68.9 Å². The summed E-state index contributed by atoms with van der Waals surface area (Å²) in [6.07, 6.45) is 0.630. The van der Waals surface area contributed by atoms with Gasteiger partial charge in [0.1, 0.15) is 5.75 Å². The summed E-state index contributed by atoms with van der Waals surface area (Å²) in [7, 11) is 3.03. The minimum absolute atomic E-state index is 0.228. The molecular formula is C17H20FN3O2. The van der Waals surface area contributed by atoms with Crippen LogP contribution in [0.4, 0.5) is 10.1 Å². The predicted molar refractivity (Wildman–Crippen MR) is 89.8 cm³/mol. The molecule has 2 aromatic rings. The first-order chi connectivity index (χ1) is 11.1. The van der Waals surface area contributed by atoms with Crippen LogP contribution in [0.25, 0.3) is 0 Å². The fraction of sp³-hybridized carbons (Fsp3) is 0.235. The summed E-state index contributed by atoms with van der Waals surface area (Å²) in [4.78, 5) is 4.26. The molecule has 0 aliphatic heterocycles. The number of guanidine groups is 1. The van der Waals surface area contributed by atoms with Crippen LogP contribution in [0, 0.1) is 5.82 Å². The zero-order valence-corrected chi connectivity index (χ0v) is 13.2. The van der Waals surface area contributed by atoms with Crippen molar-refractivity contribution in [2.45, 2.75) is 6.42 Å². The number of nitrogens with zero attached hydrogens (tertiary/aromatic N) is 1. The molecule has 6 heteroatoms. The van der Waals surface area contributed by atoms with Crippen molar-refractivity contribution in [3.8, 4) is 11.5 Å². The molecule has 0 amide bonds. The van der Waals surface area contributed by atoms with E-state index in [1.165, 1.54) is 13.2 Å². The molecule has 0 aliphatic carbocycles. The Hall–Kier alpha value is -2.76. The van der Waals surface area contributed by atoms with Crippen LogP contribution in [-0.2, 0) is 6.42 Å². The summed E-state index contributed by atoms with van der Waals surface area (Å²) >= 11 is 0. The summed E-state index contributed by atoms with van der Waals surface area (Å²) in [6, 6.07) is 12.2. The quantitative estimate of drug-likeness (QED) is 0.635. The number of hydrogen-bond acceptors (Lipinski definition) is 3. The number of aliphatic imine (C=N–C) groups is 1. The Kier molecular flexibility index (Phi) is 5.80. The van der Waals surface area contributed by atoms with Gasteiger partial charge in [0.2, 0.25) is 0 Å².